The second-order valence-electron chi connectivity index (χ2n) is 9.50. The molecule has 0 saturated carbocycles. The maximum Gasteiger partial charge on any atom is 0.187 e. The van der Waals surface area contributed by atoms with Crippen molar-refractivity contribution in [1.82, 2.24) is 9.97 Å². The van der Waals surface area contributed by atoms with Crippen LogP contribution in [0.4, 0.5) is 16.6 Å². The number of thiazole rings is 1. The summed E-state index contributed by atoms with van der Waals surface area (Å²) in [5, 5.41) is 26.9. The number of aromatic nitrogens is 2. The lowest BCUT2D eigenvalue weighted by molar-refractivity contribution is -0.141. The van der Waals surface area contributed by atoms with Crippen molar-refractivity contribution in [1.29, 1.82) is 10.5 Å². The fraction of sp³-hybridized carbons (Fsp3) is 0.241. The zero-order valence-corrected chi connectivity index (χ0v) is 24.6. The Labute approximate surface area is 250 Å². The molecule has 0 amide bonds. The molecule has 1 saturated heterocycles. The van der Waals surface area contributed by atoms with Gasteiger partial charge in [-0.15, -0.1) is 11.3 Å². The number of nitriles is 2. The first kappa shape index (κ1) is 28.7. The zero-order chi connectivity index (χ0) is 29.0. The molecule has 2 aromatic heterocycles. The number of rotatable bonds is 9. The molecule has 41 heavy (non-hydrogen) atoms. The summed E-state index contributed by atoms with van der Waals surface area (Å²) in [7, 11) is 0. The second kappa shape index (κ2) is 12.4. The largest absolute Gasteiger partial charge is 0.491 e. The summed E-state index contributed by atoms with van der Waals surface area (Å²) >= 11 is 8.86. The molecule has 0 aliphatic carbocycles. The van der Waals surface area contributed by atoms with Gasteiger partial charge in [-0.25, -0.2) is 9.97 Å². The third kappa shape index (κ3) is 6.91. The SMILES string of the molecule is CC1(C)OCC(COc2ccc(-c3c(C#N)c(N)nc(SCc4csc(Nc5cccc(Cl)c5)n4)c3C#N)cc2)O1. The highest BCUT2D eigenvalue weighted by molar-refractivity contribution is 7.98. The standard InChI is InChI=1S/C29H25ClN6O3S2/c1-29(2)38-14-22(39-29)13-37-21-8-6-17(7-9-21)25-23(11-31)26(33)36-27(24(25)12-32)40-15-20-16-41-28(35-20)34-19-5-3-4-18(30)10-19/h3-10,16,22H,13-15H2,1-2H3,(H2,33,36)(H,34,35). The van der Waals surface area contributed by atoms with Gasteiger partial charge in [0, 0.05) is 27.4 Å². The Morgan fingerprint density at radius 2 is 1.95 bits per heavy atom. The van der Waals surface area contributed by atoms with Crippen LogP contribution < -0.4 is 15.8 Å². The van der Waals surface area contributed by atoms with Crippen molar-refractivity contribution in [2.75, 3.05) is 24.3 Å². The Balaban J connectivity index is 1.32. The maximum atomic E-state index is 10.1. The number of pyridine rings is 1. The van der Waals surface area contributed by atoms with Gasteiger partial charge in [-0.3, -0.25) is 0 Å². The first-order valence-electron chi connectivity index (χ1n) is 12.5. The van der Waals surface area contributed by atoms with Crippen LogP contribution in [-0.4, -0.2) is 35.1 Å². The van der Waals surface area contributed by atoms with E-state index in [0.29, 0.717) is 45.9 Å². The zero-order valence-electron chi connectivity index (χ0n) is 22.2. The molecular weight excluding hydrogens is 580 g/mol. The number of halogens is 1. The van der Waals surface area contributed by atoms with Crippen molar-refractivity contribution in [3.8, 4) is 29.0 Å². The number of nitrogens with zero attached hydrogens (tertiary/aromatic N) is 4. The van der Waals surface area contributed by atoms with E-state index in [0.717, 1.165) is 16.5 Å². The van der Waals surface area contributed by atoms with Crippen LogP contribution in [0.25, 0.3) is 11.1 Å². The van der Waals surface area contributed by atoms with E-state index in [-0.39, 0.29) is 23.0 Å². The van der Waals surface area contributed by atoms with Gasteiger partial charge in [-0.2, -0.15) is 10.5 Å². The number of thioether (sulfide) groups is 1. The number of nitrogens with two attached hydrogens (primary N) is 1. The highest BCUT2D eigenvalue weighted by Crippen LogP contribution is 2.37. The van der Waals surface area contributed by atoms with Gasteiger partial charge in [-0.1, -0.05) is 41.6 Å². The predicted octanol–water partition coefficient (Wildman–Crippen LogP) is 6.75. The molecule has 1 fully saturated rings. The van der Waals surface area contributed by atoms with E-state index < -0.39 is 5.79 Å². The van der Waals surface area contributed by atoms with Crippen molar-refractivity contribution in [3.05, 3.63) is 75.8 Å². The molecular formula is C29H25ClN6O3S2. The molecule has 3 N–H and O–H groups in total. The Hall–Kier alpha value is -3.84. The van der Waals surface area contributed by atoms with Gasteiger partial charge in [0.15, 0.2) is 10.9 Å². The van der Waals surface area contributed by atoms with Gasteiger partial charge in [0.05, 0.1) is 17.9 Å². The summed E-state index contributed by atoms with van der Waals surface area (Å²) in [6.07, 6.45) is -0.166. The molecule has 0 spiro atoms. The van der Waals surface area contributed by atoms with E-state index in [4.69, 9.17) is 31.5 Å². The average molecular weight is 605 g/mol. The van der Waals surface area contributed by atoms with Crippen LogP contribution in [0.15, 0.2) is 58.9 Å². The quantitative estimate of drug-likeness (QED) is 0.197. The molecule has 1 aliphatic heterocycles. The van der Waals surface area contributed by atoms with Gasteiger partial charge in [0.1, 0.15) is 47.0 Å². The number of nitrogens with one attached hydrogen (secondary N) is 1. The first-order valence-corrected chi connectivity index (χ1v) is 14.8. The van der Waals surface area contributed by atoms with E-state index in [9.17, 15) is 10.5 Å². The van der Waals surface area contributed by atoms with Crippen molar-refractivity contribution < 1.29 is 14.2 Å². The van der Waals surface area contributed by atoms with Crippen LogP contribution in [0.1, 0.15) is 30.7 Å². The Morgan fingerprint density at radius 3 is 2.63 bits per heavy atom. The van der Waals surface area contributed by atoms with E-state index in [2.05, 4.69) is 27.4 Å². The summed E-state index contributed by atoms with van der Waals surface area (Å²) in [5.41, 5.74) is 9.36. The first-order chi connectivity index (χ1) is 19.7. The molecule has 208 valence electrons. The lowest BCUT2D eigenvalue weighted by Gasteiger charge is -2.17. The molecule has 5 rings (SSSR count). The van der Waals surface area contributed by atoms with Crippen LogP contribution in [0, 0.1) is 22.7 Å². The van der Waals surface area contributed by atoms with E-state index >= 15 is 0 Å². The topological polar surface area (TPSA) is 139 Å². The highest BCUT2D eigenvalue weighted by atomic mass is 35.5. The Morgan fingerprint density at radius 1 is 1.17 bits per heavy atom. The lowest BCUT2D eigenvalue weighted by atomic mass is 9.97. The third-order valence-corrected chi connectivity index (χ3v) is 8.10. The van der Waals surface area contributed by atoms with Crippen molar-refractivity contribution >= 4 is 51.3 Å². The summed E-state index contributed by atoms with van der Waals surface area (Å²) < 4.78 is 17.2. The number of anilines is 3. The van der Waals surface area contributed by atoms with Crippen molar-refractivity contribution in [2.45, 2.75) is 36.5 Å². The number of benzene rings is 2. The fourth-order valence-corrected chi connectivity index (χ4v) is 6.12. The molecule has 1 atom stereocenters. The molecule has 2 aromatic carbocycles. The number of ether oxygens (including phenoxy) is 3. The molecule has 0 radical (unpaired) electrons. The molecule has 1 aliphatic rings. The van der Waals surface area contributed by atoms with Gasteiger partial charge >= 0.3 is 0 Å². The van der Waals surface area contributed by atoms with Gasteiger partial charge in [-0.05, 0) is 49.7 Å². The second-order valence-corrected chi connectivity index (χ2v) is 11.8. The van der Waals surface area contributed by atoms with Gasteiger partial charge in [0.2, 0.25) is 0 Å². The number of hydrogen-bond acceptors (Lipinski definition) is 11. The smallest absolute Gasteiger partial charge is 0.187 e. The number of hydrogen-bond donors (Lipinski definition) is 2. The summed E-state index contributed by atoms with van der Waals surface area (Å²) in [6, 6.07) is 18.9. The van der Waals surface area contributed by atoms with Gasteiger partial charge < -0.3 is 25.3 Å². The average Bonchev–Trinajstić information content (AvgIpc) is 3.55. The predicted molar refractivity (Wildman–Crippen MR) is 160 cm³/mol. The van der Waals surface area contributed by atoms with Crippen molar-refractivity contribution in [3.63, 3.8) is 0 Å². The van der Waals surface area contributed by atoms with Crippen LogP contribution in [-0.2, 0) is 15.2 Å². The monoisotopic (exact) mass is 604 g/mol. The van der Waals surface area contributed by atoms with Crippen molar-refractivity contribution in [2.24, 2.45) is 0 Å². The van der Waals surface area contributed by atoms with E-state index in [1.165, 1.54) is 23.1 Å². The fourth-order valence-electron chi connectivity index (χ4n) is 4.21. The summed E-state index contributed by atoms with van der Waals surface area (Å²) in [6.45, 7) is 4.52. The van der Waals surface area contributed by atoms with E-state index in [1.807, 2.05) is 37.4 Å². The molecule has 3 heterocycles. The minimum Gasteiger partial charge on any atom is -0.491 e. The third-order valence-electron chi connectivity index (χ3n) is 6.05. The maximum absolute atomic E-state index is 10.1. The molecule has 1 unspecified atom stereocenters. The van der Waals surface area contributed by atoms with Crippen LogP contribution >= 0.6 is 34.7 Å². The normalized spacial score (nSPS) is 15.7. The summed E-state index contributed by atoms with van der Waals surface area (Å²) in [4.78, 5) is 9.02. The van der Waals surface area contributed by atoms with Crippen LogP contribution in [0.3, 0.4) is 0 Å². The number of nitrogen functional groups attached to an aromatic ring is 1. The summed E-state index contributed by atoms with van der Waals surface area (Å²) in [5.74, 6) is 0.524. The molecule has 0 bridgehead atoms. The Bertz CT molecular complexity index is 1650. The minimum atomic E-state index is -0.619. The van der Waals surface area contributed by atoms with Crippen LogP contribution in [0.5, 0.6) is 5.75 Å². The minimum absolute atomic E-state index is 0.0620. The molecule has 4 aromatic rings. The Kier molecular flexibility index (Phi) is 8.64. The molecule has 9 nitrogen and oxygen atoms in total. The van der Waals surface area contributed by atoms with Crippen LogP contribution in [0.2, 0.25) is 5.02 Å². The molecule has 12 heteroatoms. The highest BCUT2D eigenvalue weighted by Gasteiger charge is 2.33. The lowest BCUT2D eigenvalue weighted by Crippen LogP contribution is -2.25. The van der Waals surface area contributed by atoms with Gasteiger partial charge in [0.25, 0.3) is 0 Å². The van der Waals surface area contributed by atoms with E-state index in [1.54, 1.807) is 30.3 Å².